The Kier molecular flexibility index (Phi) is 5.62. The number of phenols is 1. The maximum Gasteiger partial charge on any atom is 0.231 e. The average molecular weight is 447 g/mol. The Morgan fingerprint density at radius 1 is 1.15 bits per heavy atom. The molecule has 3 heterocycles. The highest BCUT2D eigenvalue weighted by molar-refractivity contribution is 6.15. The lowest BCUT2D eigenvalue weighted by atomic mass is 9.99. The first-order valence-electron chi connectivity index (χ1n) is 11.6. The van der Waals surface area contributed by atoms with Gasteiger partial charge in [0.05, 0.1) is 12.7 Å². The number of phenolic OH excluding ortho intramolecular Hbond substituents is 1. The van der Waals surface area contributed by atoms with Crippen LogP contribution in [0.3, 0.4) is 0 Å². The normalized spacial score (nSPS) is 18.2. The fourth-order valence-corrected chi connectivity index (χ4v) is 4.92. The molecule has 6 nitrogen and oxygen atoms in total. The molecule has 0 atom stereocenters. The topological polar surface area (TPSA) is 63.9 Å². The summed E-state index contributed by atoms with van der Waals surface area (Å²) in [4.78, 5) is 15.5. The zero-order valence-corrected chi connectivity index (χ0v) is 19.4. The third-order valence-corrected chi connectivity index (χ3v) is 7.02. The predicted molar refractivity (Wildman–Crippen MR) is 129 cm³/mol. The second kappa shape index (κ2) is 8.60. The van der Waals surface area contributed by atoms with Crippen molar-refractivity contribution < 1.29 is 19.4 Å². The Labute approximate surface area is 194 Å². The number of hydrogen-bond donors (Lipinski definition) is 1. The summed E-state index contributed by atoms with van der Waals surface area (Å²) in [6.07, 6.45) is 4.35. The summed E-state index contributed by atoms with van der Waals surface area (Å²) in [7, 11) is 1.66. The van der Waals surface area contributed by atoms with Crippen LogP contribution in [0, 0.1) is 12.8 Å². The molecule has 0 spiro atoms. The number of allylic oxidation sites excluding steroid dienone is 1. The number of likely N-dealkylation sites (tertiary alicyclic amines) is 1. The third-order valence-electron chi connectivity index (χ3n) is 7.02. The number of fused-ring (bicyclic) bond motifs is 2. The number of carbonyl (C=O) groups is 1. The van der Waals surface area contributed by atoms with E-state index in [9.17, 15) is 9.90 Å². The molecule has 0 bridgehead atoms. The molecule has 2 aliphatic heterocycles. The van der Waals surface area contributed by atoms with Crippen molar-refractivity contribution in [1.82, 2.24) is 9.47 Å². The number of piperidine rings is 1. The molecule has 1 aromatic heterocycles. The van der Waals surface area contributed by atoms with Gasteiger partial charge >= 0.3 is 0 Å². The first-order valence-corrected chi connectivity index (χ1v) is 11.6. The van der Waals surface area contributed by atoms with Gasteiger partial charge in [-0.3, -0.25) is 4.79 Å². The molecule has 0 aliphatic carbocycles. The van der Waals surface area contributed by atoms with E-state index in [1.807, 2.05) is 18.2 Å². The molecule has 172 valence electrons. The number of aromatic hydroxyl groups is 1. The minimum absolute atomic E-state index is 0.0763. The fourth-order valence-electron chi connectivity index (χ4n) is 4.92. The standard InChI is InChI=1S/C27H30N2O4/c1-17-8-10-28(11-9-17)12-13-29-18(2)22(23-15-20(32-3)5-7-24(23)29)16-26-27(31)21-6-4-19(30)14-25(21)33-26/h4-7,14-17,30H,8-13H2,1-3H3. The lowest BCUT2D eigenvalue weighted by Gasteiger charge is -2.30. The largest absolute Gasteiger partial charge is 0.508 e. The van der Waals surface area contributed by atoms with E-state index in [4.69, 9.17) is 9.47 Å². The summed E-state index contributed by atoms with van der Waals surface area (Å²) >= 11 is 0. The lowest BCUT2D eigenvalue weighted by molar-refractivity contribution is 0.101. The Morgan fingerprint density at radius 2 is 1.94 bits per heavy atom. The Bertz CT molecular complexity index is 1250. The van der Waals surface area contributed by atoms with Gasteiger partial charge in [-0.2, -0.15) is 0 Å². The number of rotatable bonds is 5. The quantitative estimate of drug-likeness (QED) is 0.558. The van der Waals surface area contributed by atoms with Crippen LogP contribution in [0.5, 0.6) is 17.2 Å². The second-order valence-corrected chi connectivity index (χ2v) is 9.18. The molecule has 1 saturated heterocycles. The van der Waals surface area contributed by atoms with Crippen LogP contribution in [0.2, 0.25) is 0 Å². The van der Waals surface area contributed by atoms with Gasteiger partial charge in [0.1, 0.15) is 17.2 Å². The van der Waals surface area contributed by atoms with Gasteiger partial charge in [-0.1, -0.05) is 6.92 Å². The van der Waals surface area contributed by atoms with E-state index in [0.29, 0.717) is 11.3 Å². The molecule has 2 aromatic carbocycles. The summed E-state index contributed by atoms with van der Waals surface area (Å²) in [5, 5.41) is 10.8. The van der Waals surface area contributed by atoms with Crippen LogP contribution in [-0.2, 0) is 6.54 Å². The number of ketones is 1. The average Bonchev–Trinajstić information content (AvgIpc) is 3.26. The predicted octanol–water partition coefficient (Wildman–Crippen LogP) is 5.01. The van der Waals surface area contributed by atoms with Crippen molar-refractivity contribution in [3.05, 3.63) is 59.0 Å². The van der Waals surface area contributed by atoms with Crippen molar-refractivity contribution >= 4 is 22.8 Å². The second-order valence-electron chi connectivity index (χ2n) is 9.18. The molecular formula is C27H30N2O4. The van der Waals surface area contributed by atoms with Crippen molar-refractivity contribution in [3.8, 4) is 17.2 Å². The number of carbonyl (C=O) groups excluding carboxylic acids is 1. The van der Waals surface area contributed by atoms with Crippen LogP contribution in [0.1, 0.15) is 41.4 Å². The SMILES string of the molecule is COc1ccc2c(c1)c(C=C1Oc3cc(O)ccc3C1=O)c(C)n2CCN1CCC(C)CC1. The van der Waals surface area contributed by atoms with Gasteiger partial charge in [-0.25, -0.2) is 0 Å². The van der Waals surface area contributed by atoms with Crippen LogP contribution < -0.4 is 9.47 Å². The van der Waals surface area contributed by atoms with Crippen molar-refractivity contribution in [2.24, 2.45) is 5.92 Å². The first kappa shape index (κ1) is 21.6. The number of Topliss-reactive ketones (excluding diaryl/α,β-unsaturated/α-hetero) is 1. The number of benzene rings is 2. The first-order chi connectivity index (χ1) is 15.9. The highest BCUT2D eigenvalue weighted by atomic mass is 16.5. The zero-order chi connectivity index (χ0) is 23.1. The molecule has 0 amide bonds. The van der Waals surface area contributed by atoms with Gasteiger partial charge in [0, 0.05) is 41.3 Å². The maximum absolute atomic E-state index is 12.9. The van der Waals surface area contributed by atoms with Crippen molar-refractivity contribution in [2.45, 2.75) is 33.2 Å². The summed E-state index contributed by atoms with van der Waals surface area (Å²) in [5.74, 6) is 2.16. The Balaban J connectivity index is 1.51. The van der Waals surface area contributed by atoms with E-state index in [0.717, 1.165) is 60.0 Å². The Hall–Kier alpha value is -3.25. The van der Waals surface area contributed by atoms with E-state index in [1.165, 1.54) is 25.0 Å². The van der Waals surface area contributed by atoms with Gasteiger partial charge < -0.3 is 24.0 Å². The fraction of sp³-hybridized carbons (Fsp3) is 0.370. The van der Waals surface area contributed by atoms with E-state index >= 15 is 0 Å². The van der Waals surface area contributed by atoms with Crippen molar-refractivity contribution in [1.29, 1.82) is 0 Å². The summed E-state index contributed by atoms with van der Waals surface area (Å²) in [6, 6.07) is 10.7. The summed E-state index contributed by atoms with van der Waals surface area (Å²) < 4.78 is 13.7. The molecule has 2 aliphatic rings. The van der Waals surface area contributed by atoms with Crippen LogP contribution in [0.4, 0.5) is 0 Å². The van der Waals surface area contributed by atoms with Gasteiger partial charge in [0.2, 0.25) is 5.78 Å². The van der Waals surface area contributed by atoms with Crippen LogP contribution in [-0.4, -0.2) is 47.1 Å². The molecule has 5 rings (SSSR count). The van der Waals surface area contributed by atoms with Crippen molar-refractivity contribution in [3.63, 3.8) is 0 Å². The van der Waals surface area contributed by atoms with Gasteiger partial charge in [-0.05, 0) is 75.2 Å². The maximum atomic E-state index is 12.9. The van der Waals surface area contributed by atoms with Gasteiger partial charge in [-0.15, -0.1) is 0 Å². The van der Waals surface area contributed by atoms with Crippen LogP contribution in [0.15, 0.2) is 42.2 Å². The number of nitrogens with zero attached hydrogens (tertiary/aromatic N) is 2. The number of ether oxygens (including phenoxy) is 2. The number of hydrogen-bond acceptors (Lipinski definition) is 5. The molecular weight excluding hydrogens is 416 g/mol. The van der Waals surface area contributed by atoms with E-state index < -0.39 is 0 Å². The molecule has 1 N–H and O–H groups in total. The minimum atomic E-state index is -0.171. The number of methoxy groups -OCH3 is 1. The molecule has 0 saturated carbocycles. The summed E-state index contributed by atoms with van der Waals surface area (Å²) in [5.41, 5.74) is 3.63. The minimum Gasteiger partial charge on any atom is -0.508 e. The van der Waals surface area contributed by atoms with E-state index in [1.54, 1.807) is 13.2 Å². The van der Waals surface area contributed by atoms with Crippen LogP contribution in [0.25, 0.3) is 17.0 Å². The van der Waals surface area contributed by atoms with E-state index in [-0.39, 0.29) is 17.3 Å². The zero-order valence-electron chi connectivity index (χ0n) is 19.4. The molecule has 33 heavy (non-hydrogen) atoms. The van der Waals surface area contributed by atoms with E-state index in [2.05, 4.69) is 29.4 Å². The Morgan fingerprint density at radius 3 is 2.70 bits per heavy atom. The molecule has 1 fully saturated rings. The summed E-state index contributed by atoms with van der Waals surface area (Å²) in [6.45, 7) is 8.61. The smallest absolute Gasteiger partial charge is 0.231 e. The van der Waals surface area contributed by atoms with Gasteiger partial charge in [0.15, 0.2) is 5.76 Å². The molecule has 3 aromatic rings. The molecule has 0 radical (unpaired) electrons. The van der Waals surface area contributed by atoms with Crippen molar-refractivity contribution in [2.75, 3.05) is 26.7 Å². The van der Waals surface area contributed by atoms with Crippen LogP contribution >= 0.6 is 0 Å². The number of aromatic nitrogens is 1. The third kappa shape index (κ3) is 4.00. The molecule has 6 heteroatoms. The lowest BCUT2D eigenvalue weighted by Crippen LogP contribution is -2.35. The molecule has 0 unspecified atom stereocenters. The highest BCUT2D eigenvalue weighted by Crippen LogP contribution is 2.37. The monoisotopic (exact) mass is 446 g/mol. The van der Waals surface area contributed by atoms with Gasteiger partial charge in [0.25, 0.3) is 0 Å². The highest BCUT2D eigenvalue weighted by Gasteiger charge is 2.28.